The van der Waals surface area contributed by atoms with Gasteiger partial charge in [0.05, 0.1) is 66.6 Å². The lowest BCUT2D eigenvalue weighted by Crippen LogP contribution is -2.43. The largest absolute Gasteiger partial charge is 0.456 e. The number of ether oxygens (including phenoxy) is 2. The third-order valence-corrected chi connectivity index (χ3v) is 12.4. The molecule has 0 saturated carbocycles. The minimum atomic E-state index is -0.944. The third-order valence-electron chi connectivity index (χ3n) is 10.5. The highest BCUT2D eigenvalue weighted by atomic mass is 32.2. The van der Waals surface area contributed by atoms with Crippen LogP contribution in [0.4, 0.5) is 9.59 Å². The highest BCUT2D eigenvalue weighted by molar-refractivity contribution is 7.99. The first-order valence-electron chi connectivity index (χ1n) is 19.8. The molecule has 1 fully saturated rings. The average molecular weight is 887 g/mol. The quantitative estimate of drug-likeness (QED) is 0.0431. The zero-order chi connectivity index (χ0) is 43.9. The molecule has 0 aliphatic carbocycles. The maximum Gasteiger partial charge on any atom is 0.407 e. The molecule has 8 rings (SSSR count). The van der Waals surface area contributed by atoms with Gasteiger partial charge >= 0.3 is 12.2 Å². The summed E-state index contributed by atoms with van der Waals surface area (Å²) in [6.45, 7) is 0. The number of nitrogens with zero attached hydrogens (tertiary/aromatic N) is 3. The van der Waals surface area contributed by atoms with E-state index in [9.17, 15) is 24.0 Å². The van der Waals surface area contributed by atoms with Crippen molar-refractivity contribution in [3.8, 4) is 22.5 Å². The van der Waals surface area contributed by atoms with Crippen molar-refractivity contribution < 1.29 is 33.1 Å². The van der Waals surface area contributed by atoms with Crippen LogP contribution in [0, 0.1) is 0 Å². The summed E-state index contributed by atoms with van der Waals surface area (Å²) in [6, 6.07) is 26.5. The number of benzene rings is 4. The van der Waals surface area contributed by atoms with Gasteiger partial charge in [-0.15, -0.1) is 23.5 Å². The molecule has 4 amide bonds. The molecule has 0 spiro atoms. The van der Waals surface area contributed by atoms with E-state index < -0.39 is 24.3 Å². The molecule has 1 aliphatic rings. The van der Waals surface area contributed by atoms with Crippen LogP contribution in [0.25, 0.3) is 44.5 Å². The highest BCUT2D eigenvalue weighted by Crippen LogP contribution is 2.36. The van der Waals surface area contributed by atoms with Crippen molar-refractivity contribution in [3.63, 3.8) is 0 Å². The molecule has 0 unspecified atom stereocenters. The number of aromatic nitrogens is 4. The van der Waals surface area contributed by atoms with Crippen LogP contribution in [0.5, 0.6) is 0 Å². The summed E-state index contributed by atoms with van der Waals surface area (Å²) in [7, 11) is 2.50. The fraction of sp³-hybridized carbons (Fsp3) is 0.222. The van der Waals surface area contributed by atoms with Crippen molar-refractivity contribution >= 4 is 69.5 Å². The number of nitrogens with one attached hydrogen (secondary N) is 5. The Bertz CT molecular complexity index is 2830. The number of methoxy groups -OCH3 is 2. The highest BCUT2D eigenvalue weighted by Gasteiger charge is 2.37. The Labute approximate surface area is 368 Å². The van der Waals surface area contributed by atoms with Gasteiger partial charge in [0.25, 0.3) is 5.91 Å². The summed E-state index contributed by atoms with van der Waals surface area (Å²) in [5.41, 5.74) is 4.89. The first-order valence-corrected chi connectivity index (χ1v) is 22.1. The standard InChI is InChI=1S/C45H42N8O8S2/c1-59-44(57)51-38(26-9-5-3-6-10-26)42(55)48-24-62-18-17-37-46-21-32(49-37)29-13-15-30-36(20-29)61-35-16-14-28(19-31(35)40(30)54)33-22-47-41(50-33)34-23-63-25-53(34)43(56)39(52-45(58)60-2)27-11-7-4-8-12-27/h3-16,19-22,34,38-39H,17-18,23-25H2,1-2H3,(H,46,49)(H,47,50)(H,48,55)(H,51,57)(H,52,58)/t34-,38+,39+/m0/s1. The van der Waals surface area contributed by atoms with Crippen molar-refractivity contribution in [1.82, 2.24) is 40.8 Å². The lowest BCUT2D eigenvalue weighted by atomic mass is 10.0. The number of carbonyl (C=O) groups is 4. The molecule has 4 aromatic carbocycles. The number of imidazole rings is 2. The number of thioether (sulfide) groups is 2. The van der Waals surface area contributed by atoms with Gasteiger partial charge in [-0.2, -0.15) is 0 Å². The van der Waals surface area contributed by atoms with Gasteiger partial charge in [-0.05, 0) is 41.5 Å². The molecule has 7 aromatic rings. The molecule has 16 nitrogen and oxygen atoms in total. The number of H-pyrrole nitrogens is 2. The van der Waals surface area contributed by atoms with Crippen LogP contribution in [0.3, 0.4) is 0 Å². The average Bonchev–Trinajstić information content (AvgIpc) is 4.12. The summed E-state index contributed by atoms with van der Waals surface area (Å²) < 4.78 is 15.8. The maximum atomic E-state index is 13.9. The number of carbonyl (C=O) groups excluding carboxylic acids is 4. The van der Waals surface area contributed by atoms with Crippen molar-refractivity contribution in [2.45, 2.75) is 24.5 Å². The van der Waals surface area contributed by atoms with Crippen molar-refractivity contribution in [2.24, 2.45) is 0 Å². The van der Waals surface area contributed by atoms with E-state index in [4.69, 9.17) is 13.9 Å². The monoisotopic (exact) mass is 886 g/mol. The molecule has 1 aliphatic heterocycles. The van der Waals surface area contributed by atoms with Gasteiger partial charge in [-0.1, -0.05) is 66.7 Å². The number of hydrogen-bond donors (Lipinski definition) is 5. The molecular formula is C45H42N8O8S2. The van der Waals surface area contributed by atoms with Crippen molar-refractivity contribution in [1.29, 1.82) is 0 Å². The van der Waals surface area contributed by atoms with Gasteiger partial charge in [0.15, 0.2) is 0 Å². The van der Waals surface area contributed by atoms with E-state index in [1.807, 2.05) is 30.3 Å². The fourth-order valence-corrected chi connectivity index (χ4v) is 9.12. The number of hydrogen-bond acceptors (Lipinski definition) is 12. The van der Waals surface area contributed by atoms with E-state index in [1.54, 1.807) is 95.8 Å². The molecule has 3 atom stereocenters. The Balaban J connectivity index is 0.914. The molecular weight excluding hydrogens is 845 g/mol. The number of aryl methyl sites for hydroxylation is 1. The minimum Gasteiger partial charge on any atom is -0.456 e. The Kier molecular flexibility index (Phi) is 13.1. The van der Waals surface area contributed by atoms with Gasteiger partial charge in [-0.25, -0.2) is 19.6 Å². The zero-order valence-electron chi connectivity index (χ0n) is 34.1. The number of amides is 4. The summed E-state index contributed by atoms with van der Waals surface area (Å²) in [5.74, 6) is 2.71. The number of alkyl carbamates (subject to hydrolysis) is 2. The van der Waals surface area contributed by atoms with E-state index in [0.717, 1.165) is 22.6 Å². The molecule has 1 saturated heterocycles. The first kappa shape index (κ1) is 42.6. The van der Waals surface area contributed by atoms with Crippen LogP contribution in [0.15, 0.2) is 119 Å². The van der Waals surface area contributed by atoms with E-state index in [2.05, 4.69) is 35.9 Å². The fourth-order valence-electron chi connectivity index (χ4n) is 7.23. The summed E-state index contributed by atoms with van der Waals surface area (Å²) in [6.07, 6.45) is 2.61. The third kappa shape index (κ3) is 9.56. The minimum absolute atomic E-state index is 0.181. The van der Waals surface area contributed by atoms with E-state index in [-0.39, 0.29) is 23.3 Å². The van der Waals surface area contributed by atoms with Crippen LogP contribution in [-0.2, 0) is 25.5 Å². The lowest BCUT2D eigenvalue weighted by Gasteiger charge is -2.27. The predicted molar refractivity (Wildman–Crippen MR) is 241 cm³/mol. The molecule has 0 radical (unpaired) electrons. The Morgan fingerprint density at radius 3 is 2.19 bits per heavy atom. The molecule has 4 heterocycles. The number of fused-ring (bicyclic) bond motifs is 2. The van der Waals surface area contributed by atoms with Gasteiger partial charge in [0.1, 0.15) is 34.9 Å². The summed E-state index contributed by atoms with van der Waals surface area (Å²) >= 11 is 3.10. The second kappa shape index (κ2) is 19.3. The van der Waals surface area contributed by atoms with Crippen LogP contribution >= 0.6 is 23.5 Å². The van der Waals surface area contributed by atoms with Gasteiger partial charge in [0, 0.05) is 29.1 Å². The first-order chi connectivity index (χ1) is 30.7. The molecule has 18 heteroatoms. The molecule has 0 bridgehead atoms. The van der Waals surface area contributed by atoms with Gasteiger partial charge in [0.2, 0.25) is 11.3 Å². The maximum absolute atomic E-state index is 13.9. The Morgan fingerprint density at radius 1 is 0.810 bits per heavy atom. The number of rotatable bonds is 14. The second-order valence-electron chi connectivity index (χ2n) is 14.4. The predicted octanol–water partition coefficient (Wildman–Crippen LogP) is 6.84. The Hall–Kier alpha value is -7.05. The van der Waals surface area contributed by atoms with Crippen LogP contribution in [-0.4, -0.2) is 86.3 Å². The van der Waals surface area contributed by atoms with E-state index in [0.29, 0.717) is 74.3 Å². The second-order valence-corrected chi connectivity index (χ2v) is 16.5. The van der Waals surface area contributed by atoms with Crippen molar-refractivity contribution in [2.75, 3.05) is 37.5 Å². The zero-order valence-corrected chi connectivity index (χ0v) is 35.7. The topological polar surface area (TPSA) is 214 Å². The summed E-state index contributed by atoms with van der Waals surface area (Å²) in [5, 5.41) is 8.95. The SMILES string of the molecule is COC(=O)N[C@@H](C(=O)NCSCCc1ncc(-c2ccc3c(=O)c4cc(-c5cnc([C@@H]6CSCN6C(=O)[C@H](NC(=O)OC)c6ccccc6)[nH]5)ccc4oc3c2)[nH]1)c1ccccc1. The van der Waals surface area contributed by atoms with E-state index in [1.165, 1.54) is 26.0 Å². The molecule has 3 aromatic heterocycles. The molecule has 5 N–H and O–H groups in total. The van der Waals surface area contributed by atoms with Crippen LogP contribution < -0.4 is 21.4 Å². The van der Waals surface area contributed by atoms with Crippen LogP contribution in [0.2, 0.25) is 0 Å². The number of aromatic amines is 2. The van der Waals surface area contributed by atoms with Crippen molar-refractivity contribution in [3.05, 3.63) is 142 Å². The van der Waals surface area contributed by atoms with E-state index >= 15 is 0 Å². The van der Waals surface area contributed by atoms with Gasteiger partial charge in [-0.3, -0.25) is 14.4 Å². The van der Waals surface area contributed by atoms with Gasteiger partial charge < -0.3 is 44.7 Å². The lowest BCUT2D eigenvalue weighted by molar-refractivity contribution is -0.134. The van der Waals surface area contributed by atoms with Crippen LogP contribution in [0.1, 0.15) is 40.9 Å². The molecule has 322 valence electrons. The molecule has 63 heavy (non-hydrogen) atoms. The summed E-state index contributed by atoms with van der Waals surface area (Å²) in [4.78, 5) is 82.4. The smallest absolute Gasteiger partial charge is 0.407 e. The Morgan fingerprint density at radius 2 is 1.46 bits per heavy atom. The normalized spacial score (nSPS) is 14.6.